The molecule has 5 N–H and O–H groups in total. The van der Waals surface area contributed by atoms with Gasteiger partial charge in [0.2, 0.25) is 21.9 Å². The van der Waals surface area contributed by atoms with Crippen LogP contribution in [0.3, 0.4) is 0 Å². The molecule has 0 radical (unpaired) electrons. The topological polar surface area (TPSA) is 146 Å². The van der Waals surface area contributed by atoms with Gasteiger partial charge in [0.15, 0.2) is 0 Å². The van der Waals surface area contributed by atoms with Crippen molar-refractivity contribution in [2.75, 3.05) is 23.3 Å². The predicted octanol–water partition coefficient (Wildman–Crippen LogP) is -1.06. The lowest BCUT2D eigenvalue weighted by molar-refractivity contribution is 0.222. The van der Waals surface area contributed by atoms with Crippen LogP contribution in [0, 0.1) is 0 Å². The summed E-state index contributed by atoms with van der Waals surface area (Å²) in [5.74, 6) is -0.112. The summed E-state index contributed by atoms with van der Waals surface area (Å²) in [7, 11) is -3.53. The van der Waals surface area contributed by atoms with Gasteiger partial charge >= 0.3 is 6.01 Å². The Morgan fingerprint density at radius 2 is 2.00 bits per heavy atom. The van der Waals surface area contributed by atoms with Gasteiger partial charge in [0, 0.05) is 6.54 Å². The average molecular weight is 276 g/mol. The van der Waals surface area contributed by atoms with E-state index in [0.29, 0.717) is 0 Å². The van der Waals surface area contributed by atoms with E-state index in [1.165, 1.54) is 0 Å². The third-order valence-electron chi connectivity index (χ3n) is 1.64. The van der Waals surface area contributed by atoms with Crippen molar-refractivity contribution in [3.05, 3.63) is 0 Å². The van der Waals surface area contributed by atoms with Gasteiger partial charge in [-0.3, -0.25) is 0 Å². The lowest BCUT2D eigenvalue weighted by atomic mass is 10.5. The number of nitrogens with two attached hydrogens (primary N) is 2. The Morgan fingerprint density at radius 1 is 1.33 bits per heavy atom. The van der Waals surface area contributed by atoms with Crippen molar-refractivity contribution < 1.29 is 13.2 Å². The first-order chi connectivity index (χ1) is 8.26. The van der Waals surface area contributed by atoms with Crippen LogP contribution in [0.2, 0.25) is 0 Å². The second-order valence-electron chi connectivity index (χ2n) is 3.76. The van der Waals surface area contributed by atoms with E-state index in [4.69, 9.17) is 15.6 Å². The van der Waals surface area contributed by atoms with Gasteiger partial charge in [-0.15, -0.1) is 0 Å². The predicted molar refractivity (Wildman–Crippen MR) is 66.5 cm³/mol. The van der Waals surface area contributed by atoms with Crippen molar-refractivity contribution in [3.8, 4) is 6.01 Å². The SMILES string of the molecule is CC(C)Oc1nc(N)nc(NCCS(N)(=O)=O)n1. The molecule has 0 spiro atoms. The Morgan fingerprint density at radius 3 is 2.56 bits per heavy atom. The molecule has 0 aliphatic heterocycles. The summed E-state index contributed by atoms with van der Waals surface area (Å²) in [5, 5.41) is 7.53. The van der Waals surface area contributed by atoms with Crippen LogP contribution in [-0.4, -0.2) is 41.8 Å². The van der Waals surface area contributed by atoms with Crippen LogP contribution in [0.25, 0.3) is 0 Å². The Hall–Kier alpha value is -1.68. The molecule has 102 valence electrons. The van der Waals surface area contributed by atoms with Gasteiger partial charge in [0.25, 0.3) is 0 Å². The Bertz CT molecular complexity index is 504. The fourth-order valence-electron chi connectivity index (χ4n) is 1.02. The van der Waals surface area contributed by atoms with E-state index in [9.17, 15) is 8.42 Å². The zero-order valence-electron chi connectivity index (χ0n) is 10.1. The normalized spacial score (nSPS) is 11.6. The smallest absolute Gasteiger partial charge is 0.323 e. The zero-order chi connectivity index (χ0) is 13.8. The third kappa shape index (κ3) is 5.59. The molecule has 9 nitrogen and oxygen atoms in total. The molecule has 18 heavy (non-hydrogen) atoms. The van der Waals surface area contributed by atoms with Crippen LogP contribution in [-0.2, 0) is 10.0 Å². The molecule has 0 aliphatic rings. The van der Waals surface area contributed by atoms with Crippen LogP contribution in [0.1, 0.15) is 13.8 Å². The van der Waals surface area contributed by atoms with E-state index in [0.717, 1.165) is 0 Å². The maximum absolute atomic E-state index is 10.7. The third-order valence-corrected chi connectivity index (χ3v) is 2.42. The zero-order valence-corrected chi connectivity index (χ0v) is 10.9. The molecule has 0 atom stereocenters. The summed E-state index contributed by atoms with van der Waals surface area (Å²) < 4.78 is 26.7. The molecule has 0 saturated heterocycles. The molecule has 0 unspecified atom stereocenters. The maximum atomic E-state index is 10.7. The number of hydrogen-bond acceptors (Lipinski definition) is 8. The number of hydrogen-bond donors (Lipinski definition) is 3. The minimum absolute atomic E-state index is 0.0150. The molecule has 1 aromatic heterocycles. The number of nitrogen functional groups attached to an aromatic ring is 1. The van der Waals surface area contributed by atoms with E-state index in [2.05, 4.69) is 20.3 Å². The molecule has 1 aromatic rings. The quantitative estimate of drug-likeness (QED) is 0.596. The number of anilines is 2. The highest BCUT2D eigenvalue weighted by Gasteiger charge is 2.08. The molecule has 10 heteroatoms. The molecule has 1 heterocycles. The first-order valence-electron chi connectivity index (χ1n) is 5.19. The number of nitrogens with one attached hydrogen (secondary N) is 1. The summed E-state index contributed by atoms with van der Waals surface area (Å²) in [6.45, 7) is 3.70. The molecule has 0 aromatic carbocycles. The highest BCUT2D eigenvalue weighted by molar-refractivity contribution is 7.89. The van der Waals surface area contributed by atoms with Crippen molar-refractivity contribution in [2.45, 2.75) is 20.0 Å². The molecule has 0 amide bonds. The van der Waals surface area contributed by atoms with E-state index < -0.39 is 10.0 Å². The average Bonchev–Trinajstić information content (AvgIpc) is 2.12. The Kier molecular flexibility index (Phi) is 4.62. The van der Waals surface area contributed by atoms with Crippen molar-refractivity contribution in [1.29, 1.82) is 0 Å². The standard InChI is InChI=1S/C8H16N6O3S/c1-5(2)17-8-13-6(9)12-7(14-8)11-3-4-18(10,15)16/h5H,3-4H2,1-2H3,(H2,10,15,16)(H3,9,11,12,13,14). The number of sulfonamides is 1. The molecule has 0 aliphatic carbocycles. The van der Waals surface area contributed by atoms with Crippen LogP contribution in [0.15, 0.2) is 0 Å². The molecule has 0 fully saturated rings. The van der Waals surface area contributed by atoms with E-state index in [1.54, 1.807) is 0 Å². The van der Waals surface area contributed by atoms with Gasteiger partial charge in [-0.25, -0.2) is 13.6 Å². The second kappa shape index (κ2) is 5.78. The number of primary sulfonamides is 1. The lowest BCUT2D eigenvalue weighted by Gasteiger charge is -2.09. The summed E-state index contributed by atoms with van der Waals surface area (Å²) in [6.07, 6.45) is -0.107. The van der Waals surface area contributed by atoms with Crippen LogP contribution < -0.4 is 20.9 Å². The highest BCUT2D eigenvalue weighted by Crippen LogP contribution is 2.10. The van der Waals surface area contributed by atoms with Crippen molar-refractivity contribution in [3.63, 3.8) is 0 Å². The Balaban J connectivity index is 2.68. The molecular formula is C8H16N6O3S. The van der Waals surface area contributed by atoms with Crippen molar-refractivity contribution in [2.24, 2.45) is 5.14 Å². The largest absolute Gasteiger partial charge is 0.461 e. The van der Waals surface area contributed by atoms with Crippen molar-refractivity contribution >= 4 is 21.9 Å². The van der Waals surface area contributed by atoms with Crippen molar-refractivity contribution in [1.82, 2.24) is 15.0 Å². The minimum atomic E-state index is -3.53. The lowest BCUT2D eigenvalue weighted by Crippen LogP contribution is -2.23. The summed E-state index contributed by atoms with van der Waals surface area (Å²) in [6, 6.07) is 0.0793. The minimum Gasteiger partial charge on any atom is -0.461 e. The maximum Gasteiger partial charge on any atom is 0.323 e. The van der Waals surface area contributed by atoms with Crippen LogP contribution in [0.4, 0.5) is 11.9 Å². The van der Waals surface area contributed by atoms with Crippen LogP contribution >= 0.6 is 0 Å². The fraction of sp³-hybridized carbons (Fsp3) is 0.625. The summed E-state index contributed by atoms with van der Waals surface area (Å²) in [4.78, 5) is 11.5. The van der Waals surface area contributed by atoms with Gasteiger partial charge in [-0.05, 0) is 13.8 Å². The second-order valence-corrected chi connectivity index (χ2v) is 5.49. The molecular weight excluding hydrogens is 260 g/mol. The van der Waals surface area contributed by atoms with E-state index in [-0.39, 0.29) is 36.3 Å². The number of rotatable bonds is 6. The Labute approximate surface area is 105 Å². The van der Waals surface area contributed by atoms with Gasteiger partial charge in [0.1, 0.15) is 0 Å². The van der Waals surface area contributed by atoms with Gasteiger partial charge < -0.3 is 15.8 Å². The first kappa shape index (κ1) is 14.4. The number of ether oxygens (including phenoxy) is 1. The van der Waals surface area contributed by atoms with E-state index in [1.807, 2.05) is 13.8 Å². The highest BCUT2D eigenvalue weighted by atomic mass is 32.2. The first-order valence-corrected chi connectivity index (χ1v) is 6.90. The molecule has 0 saturated carbocycles. The fourth-order valence-corrected chi connectivity index (χ4v) is 1.41. The number of aromatic nitrogens is 3. The van der Waals surface area contributed by atoms with Gasteiger partial charge in [0.05, 0.1) is 11.9 Å². The monoisotopic (exact) mass is 276 g/mol. The summed E-state index contributed by atoms with van der Waals surface area (Å²) in [5.41, 5.74) is 5.47. The molecule has 0 bridgehead atoms. The summed E-state index contributed by atoms with van der Waals surface area (Å²) >= 11 is 0. The van der Waals surface area contributed by atoms with Crippen LogP contribution in [0.5, 0.6) is 6.01 Å². The van der Waals surface area contributed by atoms with Gasteiger partial charge in [-0.2, -0.15) is 15.0 Å². The van der Waals surface area contributed by atoms with Gasteiger partial charge in [-0.1, -0.05) is 0 Å². The molecule has 1 rings (SSSR count). The number of nitrogens with zero attached hydrogens (tertiary/aromatic N) is 3. The van der Waals surface area contributed by atoms with E-state index >= 15 is 0 Å².